The van der Waals surface area contributed by atoms with Crippen molar-refractivity contribution < 1.29 is 33.1 Å². The molecule has 8 nitrogen and oxygen atoms in total. The van der Waals surface area contributed by atoms with E-state index in [2.05, 4.69) is 0 Å². The molecule has 2 heterocycles. The summed E-state index contributed by atoms with van der Waals surface area (Å²) >= 11 is 0. The molecule has 0 radical (unpaired) electrons. The molecule has 1 saturated heterocycles. The van der Waals surface area contributed by atoms with Crippen LogP contribution in [0.4, 0.5) is 0 Å². The van der Waals surface area contributed by atoms with Crippen LogP contribution in [-0.4, -0.2) is 53.3 Å². The first kappa shape index (κ1) is 24.9. The Labute approximate surface area is 208 Å². The molecule has 4 rings (SSSR count). The number of esters is 2. The topological polar surface area (TPSA) is 103 Å². The van der Waals surface area contributed by atoms with Gasteiger partial charge in [-0.15, -0.1) is 0 Å². The molecule has 0 saturated carbocycles. The van der Waals surface area contributed by atoms with Crippen LogP contribution in [0, 0.1) is 6.92 Å². The van der Waals surface area contributed by atoms with E-state index < -0.39 is 41.1 Å². The van der Waals surface area contributed by atoms with Gasteiger partial charge in [0.05, 0.1) is 25.4 Å². The predicted molar refractivity (Wildman–Crippen MR) is 129 cm³/mol. The van der Waals surface area contributed by atoms with Crippen molar-refractivity contribution in [1.29, 1.82) is 0 Å². The molecule has 0 N–H and O–H groups in total. The van der Waals surface area contributed by atoms with E-state index in [-0.39, 0.29) is 24.5 Å². The molecule has 1 fully saturated rings. The highest BCUT2D eigenvalue weighted by Gasteiger charge is 2.76. The summed E-state index contributed by atoms with van der Waals surface area (Å²) in [5, 5.41) is 0. The molecule has 0 spiro atoms. The zero-order chi connectivity index (χ0) is 25.9. The van der Waals surface area contributed by atoms with Crippen molar-refractivity contribution in [3.05, 3.63) is 95.4 Å². The monoisotopic (exact) mass is 489 g/mol. The standard InChI is InChI=1S/C28H27NO7/c1-4-34-26(32)28(27(33)35-5-2)22(21-12-9-17-36-21)23(24(30)19-15-13-18(3)14-16-19)29(28)25(31)20-10-7-6-8-11-20/h6-17,22-23H,4-5H2,1-3H3/t22-,23+/m1/s1. The van der Waals surface area contributed by atoms with Gasteiger partial charge in [-0.2, -0.15) is 0 Å². The quantitative estimate of drug-likeness (QED) is 0.268. The summed E-state index contributed by atoms with van der Waals surface area (Å²) in [6.07, 6.45) is 1.38. The fourth-order valence-electron chi connectivity index (χ4n) is 4.67. The lowest BCUT2D eigenvalue weighted by Gasteiger charge is -2.57. The number of Topliss-reactive ketones (excluding diaryl/α,β-unsaturated/α-hetero) is 1. The van der Waals surface area contributed by atoms with E-state index in [1.165, 1.54) is 6.26 Å². The Morgan fingerprint density at radius 1 is 0.833 bits per heavy atom. The van der Waals surface area contributed by atoms with Crippen LogP contribution >= 0.6 is 0 Å². The van der Waals surface area contributed by atoms with Crippen LogP contribution in [0.2, 0.25) is 0 Å². The van der Waals surface area contributed by atoms with Gasteiger partial charge < -0.3 is 18.8 Å². The maximum atomic E-state index is 13.9. The van der Waals surface area contributed by atoms with Crippen molar-refractivity contribution in [2.45, 2.75) is 38.3 Å². The second-order valence-electron chi connectivity index (χ2n) is 8.42. The molecule has 1 aromatic heterocycles. The number of likely N-dealkylation sites (tertiary alicyclic amines) is 1. The van der Waals surface area contributed by atoms with Crippen LogP contribution in [0.15, 0.2) is 77.4 Å². The summed E-state index contributed by atoms with van der Waals surface area (Å²) in [5.41, 5.74) is -0.765. The molecular weight excluding hydrogens is 462 g/mol. The second kappa shape index (κ2) is 10.2. The molecular formula is C28H27NO7. The minimum Gasteiger partial charge on any atom is -0.469 e. The first-order valence-corrected chi connectivity index (χ1v) is 11.7. The number of hydrogen-bond acceptors (Lipinski definition) is 7. The molecule has 0 unspecified atom stereocenters. The van der Waals surface area contributed by atoms with Crippen LogP contribution in [0.1, 0.15) is 51.8 Å². The molecule has 1 amide bonds. The number of amides is 1. The Morgan fingerprint density at radius 2 is 1.44 bits per heavy atom. The lowest BCUT2D eigenvalue weighted by Crippen LogP contribution is -2.81. The molecule has 1 aliphatic heterocycles. The molecule has 1 aliphatic rings. The SMILES string of the molecule is CCOC(=O)C1(C(=O)OCC)[C@H](c2ccco2)[C@@H](C(=O)c2ccc(C)cc2)N1C(=O)c1ccccc1. The van der Waals surface area contributed by atoms with E-state index in [1.54, 1.807) is 80.6 Å². The van der Waals surface area contributed by atoms with Crippen LogP contribution < -0.4 is 0 Å². The molecule has 36 heavy (non-hydrogen) atoms. The van der Waals surface area contributed by atoms with E-state index >= 15 is 0 Å². The van der Waals surface area contributed by atoms with Crippen LogP contribution in [0.25, 0.3) is 0 Å². The number of benzene rings is 2. The van der Waals surface area contributed by atoms with Gasteiger partial charge >= 0.3 is 11.9 Å². The number of rotatable bonds is 8. The Kier molecular flexibility index (Phi) is 7.05. The lowest BCUT2D eigenvalue weighted by molar-refractivity contribution is -0.190. The first-order chi connectivity index (χ1) is 17.4. The first-order valence-electron chi connectivity index (χ1n) is 11.7. The number of aryl methyl sites for hydroxylation is 1. The normalized spacial score (nSPS) is 18.1. The maximum absolute atomic E-state index is 13.9. The van der Waals surface area contributed by atoms with Crippen LogP contribution in [0.5, 0.6) is 0 Å². The van der Waals surface area contributed by atoms with Gasteiger partial charge in [-0.05, 0) is 45.0 Å². The number of furan rings is 1. The van der Waals surface area contributed by atoms with Gasteiger partial charge in [-0.25, -0.2) is 9.59 Å². The smallest absolute Gasteiger partial charge is 0.344 e. The van der Waals surface area contributed by atoms with Crippen molar-refractivity contribution >= 4 is 23.6 Å². The number of hydrogen-bond donors (Lipinski definition) is 0. The average molecular weight is 490 g/mol. The van der Waals surface area contributed by atoms with Gasteiger partial charge in [-0.1, -0.05) is 48.0 Å². The Hall–Kier alpha value is -4.20. The number of ketones is 1. The largest absolute Gasteiger partial charge is 0.469 e. The highest BCUT2D eigenvalue weighted by molar-refractivity contribution is 6.18. The fourth-order valence-corrected chi connectivity index (χ4v) is 4.67. The summed E-state index contributed by atoms with van der Waals surface area (Å²) in [6.45, 7) is 4.98. The molecule has 2 aromatic carbocycles. The third-order valence-electron chi connectivity index (χ3n) is 6.29. The third kappa shape index (κ3) is 3.98. The molecule has 186 valence electrons. The minimum absolute atomic E-state index is 0.0468. The number of nitrogens with zero attached hydrogens (tertiary/aromatic N) is 1. The zero-order valence-corrected chi connectivity index (χ0v) is 20.3. The van der Waals surface area contributed by atoms with Crippen molar-refractivity contribution in [2.24, 2.45) is 0 Å². The number of carbonyl (C=O) groups excluding carboxylic acids is 4. The van der Waals surface area contributed by atoms with Gasteiger partial charge in [0.1, 0.15) is 11.8 Å². The Balaban J connectivity index is 1.95. The maximum Gasteiger partial charge on any atom is 0.344 e. The van der Waals surface area contributed by atoms with Crippen molar-refractivity contribution in [1.82, 2.24) is 4.90 Å². The summed E-state index contributed by atoms with van der Waals surface area (Å²) in [6, 6.07) is 16.9. The van der Waals surface area contributed by atoms with Gasteiger partial charge in [0.2, 0.25) is 0 Å². The van der Waals surface area contributed by atoms with Crippen molar-refractivity contribution in [3.63, 3.8) is 0 Å². The lowest BCUT2D eigenvalue weighted by atomic mass is 9.63. The Morgan fingerprint density at radius 3 is 1.97 bits per heavy atom. The highest BCUT2D eigenvalue weighted by Crippen LogP contribution is 2.52. The molecule has 8 heteroatoms. The van der Waals surface area contributed by atoms with E-state index in [0.29, 0.717) is 5.56 Å². The summed E-state index contributed by atoms with van der Waals surface area (Å²) in [7, 11) is 0. The summed E-state index contributed by atoms with van der Waals surface area (Å²) in [5.74, 6) is -4.05. The van der Waals surface area contributed by atoms with Crippen molar-refractivity contribution in [3.8, 4) is 0 Å². The zero-order valence-electron chi connectivity index (χ0n) is 20.3. The predicted octanol–water partition coefficient (Wildman–Crippen LogP) is 3.94. The van der Waals surface area contributed by atoms with Crippen molar-refractivity contribution in [2.75, 3.05) is 13.2 Å². The van der Waals surface area contributed by atoms with E-state index in [4.69, 9.17) is 13.9 Å². The summed E-state index contributed by atoms with van der Waals surface area (Å²) < 4.78 is 16.3. The minimum atomic E-state index is -2.25. The van der Waals surface area contributed by atoms with Gasteiger partial charge in [0.25, 0.3) is 11.4 Å². The molecule has 0 aliphatic carbocycles. The van der Waals surface area contributed by atoms with Gasteiger partial charge in [-0.3, -0.25) is 9.59 Å². The Bertz CT molecular complexity index is 1230. The third-order valence-corrected chi connectivity index (χ3v) is 6.29. The van der Waals surface area contributed by atoms with Crippen LogP contribution in [-0.2, 0) is 19.1 Å². The summed E-state index contributed by atoms with van der Waals surface area (Å²) in [4.78, 5) is 56.0. The number of ether oxygens (including phenoxy) is 2. The highest BCUT2D eigenvalue weighted by atomic mass is 16.6. The molecule has 0 bridgehead atoms. The van der Waals surface area contributed by atoms with Gasteiger partial charge in [0.15, 0.2) is 5.78 Å². The van der Waals surface area contributed by atoms with E-state index in [1.807, 2.05) is 6.92 Å². The van der Waals surface area contributed by atoms with Crippen LogP contribution in [0.3, 0.4) is 0 Å². The van der Waals surface area contributed by atoms with Gasteiger partial charge in [0, 0.05) is 11.1 Å². The average Bonchev–Trinajstić information content (AvgIpc) is 3.39. The second-order valence-corrected chi connectivity index (χ2v) is 8.42. The molecule has 3 aromatic rings. The number of carbonyl (C=O) groups is 4. The van der Waals surface area contributed by atoms with E-state index in [0.717, 1.165) is 10.5 Å². The molecule has 2 atom stereocenters. The van der Waals surface area contributed by atoms with E-state index in [9.17, 15) is 19.2 Å². The fraction of sp³-hybridized carbons (Fsp3) is 0.286.